The lowest BCUT2D eigenvalue weighted by Gasteiger charge is -2.03. The van der Waals surface area contributed by atoms with Crippen molar-refractivity contribution in [2.75, 3.05) is 0 Å². The third-order valence-electron chi connectivity index (χ3n) is 1.94. The van der Waals surface area contributed by atoms with E-state index in [0.29, 0.717) is 17.0 Å². The fourth-order valence-corrected chi connectivity index (χ4v) is 1.30. The Morgan fingerprint density at radius 1 is 1.43 bits per heavy atom. The van der Waals surface area contributed by atoms with Crippen LogP contribution >= 0.6 is 0 Å². The van der Waals surface area contributed by atoms with E-state index in [0.717, 1.165) is 0 Å². The molecule has 2 aromatic heterocycles. The Bertz CT molecular complexity index is 524. The van der Waals surface area contributed by atoms with Crippen molar-refractivity contribution in [2.45, 2.75) is 26.8 Å². The molecule has 0 atom stereocenters. The zero-order chi connectivity index (χ0) is 10.3. The van der Waals surface area contributed by atoms with Gasteiger partial charge in [0, 0.05) is 0 Å². The van der Waals surface area contributed by atoms with E-state index in [9.17, 15) is 4.79 Å². The number of aromatic nitrogens is 5. The highest BCUT2D eigenvalue weighted by Gasteiger charge is 2.11. The van der Waals surface area contributed by atoms with Gasteiger partial charge < -0.3 is 4.98 Å². The first-order valence-electron chi connectivity index (χ1n) is 4.41. The van der Waals surface area contributed by atoms with Crippen LogP contribution in [-0.2, 0) is 0 Å². The van der Waals surface area contributed by atoms with E-state index in [-0.39, 0.29) is 11.6 Å². The van der Waals surface area contributed by atoms with Crippen molar-refractivity contribution in [1.82, 2.24) is 25.0 Å². The fraction of sp³-hybridized carbons (Fsp3) is 0.500. The Morgan fingerprint density at radius 2 is 2.14 bits per heavy atom. The lowest BCUT2D eigenvalue weighted by molar-refractivity contribution is 0.526. The molecule has 0 amide bonds. The van der Waals surface area contributed by atoms with Crippen LogP contribution in [0.3, 0.4) is 0 Å². The maximum atomic E-state index is 11.4. The quantitative estimate of drug-likeness (QED) is 0.711. The molecule has 2 rings (SSSR count). The molecule has 0 saturated carbocycles. The average Bonchev–Trinajstić information content (AvgIpc) is 2.47. The second-order valence-corrected chi connectivity index (χ2v) is 3.45. The molecule has 0 radical (unpaired) electrons. The molecule has 0 aliphatic carbocycles. The van der Waals surface area contributed by atoms with Crippen LogP contribution in [0.4, 0.5) is 0 Å². The number of H-pyrrole nitrogens is 1. The molecular weight excluding hydrogens is 182 g/mol. The van der Waals surface area contributed by atoms with Gasteiger partial charge in [0.15, 0.2) is 11.2 Å². The molecule has 6 nitrogen and oxygen atoms in total. The van der Waals surface area contributed by atoms with Gasteiger partial charge in [-0.3, -0.25) is 4.79 Å². The van der Waals surface area contributed by atoms with E-state index in [2.05, 4.69) is 20.3 Å². The zero-order valence-corrected chi connectivity index (χ0v) is 8.27. The lowest BCUT2D eigenvalue weighted by atomic mass is 10.4. The Hall–Kier alpha value is -1.72. The van der Waals surface area contributed by atoms with Crippen LogP contribution < -0.4 is 5.56 Å². The maximum absolute atomic E-state index is 11.4. The van der Waals surface area contributed by atoms with Crippen LogP contribution in [0, 0.1) is 6.92 Å². The van der Waals surface area contributed by atoms with Gasteiger partial charge in [-0.25, -0.2) is 9.67 Å². The summed E-state index contributed by atoms with van der Waals surface area (Å²) < 4.78 is 1.64. The van der Waals surface area contributed by atoms with Gasteiger partial charge in [-0.1, -0.05) is 5.21 Å². The van der Waals surface area contributed by atoms with Crippen LogP contribution in [0.5, 0.6) is 0 Å². The summed E-state index contributed by atoms with van der Waals surface area (Å²) in [5.74, 6) is 0.576. The molecule has 14 heavy (non-hydrogen) atoms. The van der Waals surface area contributed by atoms with Gasteiger partial charge in [0.1, 0.15) is 5.82 Å². The summed E-state index contributed by atoms with van der Waals surface area (Å²) >= 11 is 0. The first kappa shape index (κ1) is 8.86. The molecule has 0 aliphatic rings. The van der Waals surface area contributed by atoms with Gasteiger partial charge >= 0.3 is 0 Å². The van der Waals surface area contributed by atoms with Crippen molar-refractivity contribution in [2.24, 2.45) is 0 Å². The first-order valence-corrected chi connectivity index (χ1v) is 4.41. The monoisotopic (exact) mass is 193 g/mol. The molecule has 0 aromatic carbocycles. The van der Waals surface area contributed by atoms with Crippen LogP contribution in [0.15, 0.2) is 4.79 Å². The number of fused-ring (bicyclic) bond motifs is 1. The van der Waals surface area contributed by atoms with Crippen molar-refractivity contribution < 1.29 is 0 Å². The van der Waals surface area contributed by atoms with Gasteiger partial charge in [-0.15, -0.1) is 5.10 Å². The van der Waals surface area contributed by atoms with Gasteiger partial charge in [0.2, 0.25) is 0 Å². The highest BCUT2D eigenvalue weighted by Crippen LogP contribution is 2.09. The topological polar surface area (TPSA) is 76.5 Å². The number of hydrogen-bond donors (Lipinski definition) is 1. The minimum Gasteiger partial charge on any atom is -0.309 e. The van der Waals surface area contributed by atoms with Crippen LogP contribution in [0.25, 0.3) is 11.2 Å². The summed E-state index contributed by atoms with van der Waals surface area (Å²) in [6, 6.07) is 0.147. The van der Waals surface area contributed by atoms with Crippen LogP contribution in [0.1, 0.15) is 25.7 Å². The van der Waals surface area contributed by atoms with Gasteiger partial charge in [-0.05, 0) is 20.8 Å². The lowest BCUT2D eigenvalue weighted by Crippen LogP contribution is -2.11. The molecule has 2 heterocycles. The molecule has 6 heteroatoms. The molecule has 0 aliphatic heterocycles. The largest absolute Gasteiger partial charge is 0.309 e. The summed E-state index contributed by atoms with van der Waals surface area (Å²) in [5.41, 5.74) is 0.602. The molecule has 74 valence electrons. The van der Waals surface area contributed by atoms with Gasteiger partial charge in [0.25, 0.3) is 5.56 Å². The van der Waals surface area contributed by atoms with Crippen molar-refractivity contribution in [3.8, 4) is 0 Å². The third kappa shape index (κ3) is 1.19. The standard InChI is InChI=1S/C8H11N5O/c1-4(2)13-7-6(11-12-13)8(14)10-5(3)9-7/h4H,1-3H3,(H,9,10,14). The minimum atomic E-state index is -0.237. The predicted octanol–water partition coefficient (Wildman–Crippen LogP) is 0.404. The molecule has 0 spiro atoms. The molecule has 0 fully saturated rings. The summed E-state index contributed by atoms with van der Waals surface area (Å²) in [4.78, 5) is 18.2. The number of nitrogens with zero attached hydrogens (tertiary/aromatic N) is 4. The molecule has 0 bridgehead atoms. The minimum absolute atomic E-state index is 0.147. The molecular formula is C8H11N5O. The second kappa shape index (κ2) is 2.90. The van der Waals surface area contributed by atoms with E-state index >= 15 is 0 Å². The fourth-order valence-electron chi connectivity index (χ4n) is 1.30. The Morgan fingerprint density at radius 3 is 2.79 bits per heavy atom. The highest BCUT2D eigenvalue weighted by atomic mass is 16.1. The second-order valence-electron chi connectivity index (χ2n) is 3.45. The van der Waals surface area contributed by atoms with E-state index in [1.807, 2.05) is 13.8 Å². The van der Waals surface area contributed by atoms with E-state index in [4.69, 9.17) is 0 Å². The molecule has 0 unspecified atom stereocenters. The zero-order valence-electron chi connectivity index (χ0n) is 8.27. The Kier molecular flexibility index (Phi) is 1.83. The van der Waals surface area contributed by atoms with Crippen molar-refractivity contribution >= 4 is 11.2 Å². The van der Waals surface area contributed by atoms with E-state index in [1.165, 1.54) is 0 Å². The Labute approximate surface area is 80.0 Å². The summed E-state index contributed by atoms with van der Waals surface area (Å²) in [6.07, 6.45) is 0. The maximum Gasteiger partial charge on any atom is 0.281 e. The number of aromatic amines is 1. The average molecular weight is 193 g/mol. The molecule has 1 N–H and O–H groups in total. The van der Waals surface area contributed by atoms with Crippen LogP contribution in [-0.4, -0.2) is 25.0 Å². The normalized spacial score (nSPS) is 11.4. The van der Waals surface area contributed by atoms with Gasteiger partial charge in [0.05, 0.1) is 6.04 Å². The van der Waals surface area contributed by atoms with E-state index < -0.39 is 0 Å². The van der Waals surface area contributed by atoms with Gasteiger partial charge in [-0.2, -0.15) is 0 Å². The first-order chi connectivity index (χ1) is 6.59. The van der Waals surface area contributed by atoms with Crippen molar-refractivity contribution in [3.63, 3.8) is 0 Å². The smallest absolute Gasteiger partial charge is 0.281 e. The summed E-state index contributed by atoms with van der Waals surface area (Å²) in [5, 5.41) is 7.67. The summed E-state index contributed by atoms with van der Waals surface area (Å²) in [6.45, 7) is 5.66. The Balaban J connectivity index is 2.85. The number of nitrogens with one attached hydrogen (secondary N) is 1. The van der Waals surface area contributed by atoms with Crippen molar-refractivity contribution in [3.05, 3.63) is 16.2 Å². The predicted molar refractivity (Wildman–Crippen MR) is 51.1 cm³/mol. The SMILES string of the molecule is Cc1nc2c(nnn2C(C)C)c(=O)[nH]1. The molecule has 0 saturated heterocycles. The van der Waals surface area contributed by atoms with Crippen molar-refractivity contribution in [1.29, 1.82) is 0 Å². The molecule has 2 aromatic rings. The number of aryl methyl sites for hydroxylation is 1. The number of rotatable bonds is 1. The van der Waals surface area contributed by atoms with E-state index in [1.54, 1.807) is 11.6 Å². The highest BCUT2D eigenvalue weighted by molar-refractivity contribution is 5.67. The van der Waals surface area contributed by atoms with Crippen LogP contribution in [0.2, 0.25) is 0 Å². The third-order valence-corrected chi connectivity index (χ3v) is 1.94. The number of hydrogen-bond acceptors (Lipinski definition) is 4. The summed E-state index contributed by atoms with van der Waals surface area (Å²) in [7, 11) is 0.